The first-order valence-electron chi connectivity index (χ1n) is 9.68. The van der Waals surface area contributed by atoms with Crippen molar-refractivity contribution >= 4 is 38.0 Å². The fraction of sp³-hybridized carbons (Fsp3) is 0.318. The van der Waals surface area contributed by atoms with Gasteiger partial charge in [-0.2, -0.15) is 0 Å². The maximum absolute atomic E-state index is 13.6. The molecule has 0 spiro atoms. The molecule has 1 N–H and O–H groups in total. The Morgan fingerprint density at radius 3 is 2.62 bits per heavy atom. The molecule has 4 rings (SSSR count). The average molecular weight is 432 g/mol. The van der Waals surface area contributed by atoms with Crippen LogP contribution in [0.4, 0.5) is 5.69 Å². The zero-order valence-corrected chi connectivity index (χ0v) is 18.1. The number of sulfone groups is 1. The van der Waals surface area contributed by atoms with E-state index in [1.54, 1.807) is 37.6 Å². The second-order valence-corrected chi connectivity index (χ2v) is 9.92. The number of nitrogens with one attached hydrogen (secondary N) is 1. The fourth-order valence-electron chi connectivity index (χ4n) is 3.98. The number of ether oxygens (including phenoxy) is 1. The highest BCUT2D eigenvalue weighted by Crippen LogP contribution is 2.38. The first-order valence-corrected chi connectivity index (χ1v) is 11.5. The van der Waals surface area contributed by atoms with Gasteiger partial charge in [0.2, 0.25) is 15.4 Å². The number of rotatable bonds is 4. The third-order valence-corrected chi connectivity index (χ3v) is 7.50. The molecule has 0 saturated carbocycles. The van der Waals surface area contributed by atoms with Gasteiger partial charge in [-0.1, -0.05) is 18.5 Å². The summed E-state index contributed by atoms with van der Waals surface area (Å²) in [5.74, 6) is 1.19. The molecule has 1 atom stereocenters. The minimum absolute atomic E-state index is 0.226. The van der Waals surface area contributed by atoms with E-state index in [1.807, 2.05) is 18.2 Å². The summed E-state index contributed by atoms with van der Waals surface area (Å²) in [7, 11) is -2.12. The van der Waals surface area contributed by atoms with Gasteiger partial charge in [-0.05, 0) is 55.2 Å². The van der Waals surface area contributed by atoms with E-state index in [9.17, 15) is 8.42 Å². The molecule has 1 aromatic heterocycles. The van der Waals surface area contributed by atoms with Crippen LogP contribution >= 0.6 is 11.6 Å². The van der Waals surface area contributed by atoms with Gasteiger partial charge in [0, 0.05) is 24.2 Å². The summed E-state index contributed by atoms with van der Waals surface area (Å²) in [6.45, 7) is 3.85. The standard InChI is InChI=1S/C22H23ClN2O3S/c1-15-4-3-11-25(14-15)22-19-12-17(28-2)7-10-20(19)24-13-21(22)29(26,27)18-8-5-16(23)6-9-18/h5-10,12-13,15H,3-4,11,14H2,1-2H3/p+1/t15-/m0/s1. The fourth-order valence-corrected chi connectivity index (χ4v) is 5.56. The van der Waals surface area contributed by atoms with Gasteiger partial charge in [0.05, 0.1) is 23.1 Å². The minimum atomic E-state index is -3.74. The predicted octanol–water partition coefficient (Wildman–Crippen LogP) is 4.39. The van der Waals surface area contributed by atoms with Gasteiger partial charge in [0.1, 0.15) is 5.75 Å². The van der Waals surface area contributed by atoms with Crippen molar-refractivity contribution in [2.75, 3.05) is 25.1 Å². The molecule has 0 aliphatic carbocycles. The van der Waals surface area contributed by atoms with Gasteiger partial charge in [0.15, 0.2) is 11.1 Å². The second-order valence-electron chi connectivity index (χ2n) is 7.56. The largest absolute Gasteiger partial charge is 0.497 e. The smallest absolute Gasteiger partial charge is 0.214 e. The second kappa shape index (κ2) is 7.84. The van der Waals surface area contributed by atoms with E-state index in [0.29, 0.717) is 16.7 Å². The Labute approximate surface area is 176 Å². The van der Waals surface area contributed by atoms with Crippen LogP contribution in [0.15, 0.2) is 58.5 Å². The van der Waals surface area contributed by atoms with Crippen molar-refractivity contribution in [3.63, 3.8) is 0 Å². The summed E-state index contributed by atoms with van der Waals surface area (Å²) in [5, 5.41) is 1.34. The molecule has 3 aromatic rings. The van der Waals surface area contributed by atoms with Gasteiger partial charge in [0.25, 0.3) is 0 Å². The van der Waals surface area contributed by atoms with Crippen molar-refractivity contribution in [2.45, 2.75) is 29.6 Å². The maximum atomic E-state index is 13.6. The number of aromatic amines is 1. The summed E-state index contributed by atoms with van der Waals surface area (Å²) in [4.78, 5) is 5.86. The van der Waals surface area contributed by atoms with E-state index >= 15 is 0 Å². The number of methoxy groups -OCH3 is 1. The van der Waals surface area contributed by atoms with Crippen LogP contribution in [0, 0.1) is 5.92 Å². The van der Waals surface area contributed by atoms with Crippen molar-refractivity contribution in [1.29, 1.82) is 0 Å². The number of benzene rings is 2. The molecule has 1 aliphatic heterocycles. The van der Waals surface area contributed by atoms with Crippen LogP contribution in [0.3, 0.4) is 0 Å². The van der Waals surface area contributed by atoms with E-state index < -0.39 is 9.84 Å². The van der Waals surface area contributed by atoms with Gasteiger partial charge < -0.3 is 9.64 Å². The zero-order valence-electron chi connectivity index (χ0n) is 16.5. The van der Waals surface area contributed by atoms with Gasteiger partial charge >= 0.3 is 0 Å². The van der Waals surface area contributed by atoms with Crippen molar-refractivity contribution in [3.05, 3.63) is 53.7 Å². The van der Waals surface area contributed by atoms with Crippen molar-refractivity contribution in [1.82, 2.24) is 0 Å². The molecular formula is C22H24ClN2O3S+. The maximum Gasteiger partial charge on any atom is 0.214 e. The van der Waals surface area contributed by atoms with Crippen molar-refractivity contribution < 1.29 is 18.1 Å². The number of hydrogen-bond acceptors (Lipinski definition) is 4. The molecule has 1 saturated heterocycles. The lowest BCUT2D eigenvalue weighted by Gasteiger charge is -2.34. The summed E-state index contributed by atoms with van der Waals surface area (Å²) in [6.07, 6.45) is 3.79. The van der Waals surface area contributed by atoms with E-state index in [0.717, 1.165) is 42.5 Å². The van der Waals surface area contributed by atoms with Gasteiger partial charge in [-0.3, -0.25) is 0 Å². The molecule has 0 unspecified atom stereocenters. The van der Waals surface area contributed by atoms with Crippen LogP contribution in [0.1, 0.15) is 19.8 Å². The number of fused-ring (bicyclic) bond motifs is 1. The summed E-state index contributed by atoms with van der Waals surface area (Å²) >= 11 is 5.97. The number of nitrogens with zero attached hydrogens (tertiary/aromatic N) is 1. The van der Waals surface area contributed by atoms with Crippen LogP contribution in [-0.2, 0) is 9.84 Å². The molecule has 1 aliphatic rings. The van der Waals surface area contributed by atoms with E-state index in [2.05, 4.69) is 16.8 Å². The van der Waals surface area contributed by atoms with E-state index in [-0.39, 0.29) is 9.79 Å². The number of pyridine rings is 1. The number of halogens is 1. The number of hydrogen-bond donors (Lipinski definition) is 0. The quantitative estimate of drug-likeness (QED) is 0.614. The average Bonchev–Trinajstić information content (AvgIpc) is 2.72. The summed E-state index contributed by atoms with van der Waals surface area (Å²) in [6, 6.07) is 12.0. The molecule has 0 amide bonds. The molecule has 29 heavy (non-hydrogen) atoms. The Morgan fingerprint density at radius 1 is 1.17 bits per heavy atom. The first-order chi connectivity index (χ1) is 13.9. The van der Waals surface area contributed by atoms with Gasteiger partial charge in [-0.15, -0.1) is 0 Å². The Kier molecular flexibility index (Phi) is 5.40. The Bertz CT molecular complexity index is 1150. The van der Waals surface area contributed by atoms with Gasteiger partial charge in [-0.25, -0.2) is 13.4 Å². The summed E-state index contributed by atoms with van der Waals surface area (Å²) in [5.41, 5.74) is 1.60. The minimum Gasteiger partial charge on any atom is -0.497 e. The lowest BCUT2D eigenvalue weighted by Crippen LogP contribution is -2.35. The summed E-state index contributed by atoms with van der Waals surface area (Å²) < 4.78 is 32.5. The molecule has 2 aromatic carbocycles. The monoisotopic (exact) mass is 431 g/mol. The highest BCUT2D eigenvalue weighted by atomic mass is 35.5. The van der Waals surface area contributed by atoms with Crippen LogP contribution in [-0.4, -0.2) is 28.6 Å². The molecule has 7 heteroatoms. The van der Waals surface area contributed by atoms with E-state index in [1.165, 1.54) is 0 Å². The van der Waals surface area contributed by atoms with Crippen LogP contribution in [0.2, 0.25) is 5.02 Å². The predicted molar refractivity (Wildman–Crippen MR) is 115 cm³/mol. The van der Waals surface area contributed by atoms with Crippen LogP contribution in [0.5, 0.6) is 5.75 Å². The first kappa shape index (κ1) is 20.0. The molecule has 0 radical (unpaired) electrons. The number of anilines is 1. The Morgan fingerprint density at radius 2 is 1.93 bits per heavy atom. The lowest BCUT2D eigenvalue weighted by molar-refractivity contribution is -0.347. The third-order valence-electron chi connectivity index (χ3n) is 5.46. The molecular weight excluding hydrogens is 408 g/mol. The topological polar surface area (TPSA) is 60.8 Å². The normalized spacial score (nSPS) is 17.5. The van der Waals surface area contributed by atoms with Crippen LogP contribution < -0.4 is 14.6 Å². The van der Waals surface area contributed by atoms with Crippen LogP contribution in [0.25, 0.3) is 10.9 Å². The molecule has 1 fully saturated rings. The van der Waals surface area contributed by atoms with Crippen molar-refractivity contribution in [2.24, 2.45) is 5.92 Å². The molecule has 2 heterocycles. The Balaban J connectivity index is 1.97. The molecule has 0 bridgehead atoms. The number of aromatic nitrogens is 1. The third kappa shape index (κ3) is 3.79. The van der Waals surface area contributed by atoms with Crippen molar-refractivity contribution in [3.8, 4) is 5.75 Å². The highest BCUT2D eigenvalue weighted by molar-refractivity contribution is 7.91. The molecule has 5 nitrogen and oxygen atoms in total. The SMILES string of the molecule is COc1ccc2[nH+]cc(S(=O)(=O)c3ccc(Cl)cc3)c(N3CCC[C@H](C)C3)c2c1. The number of H-pyrrole nitrogens is 1. The lowest BCUT2D eigenvalue weighted by atomic mass is 9.99. The molecule has 152 valence electrons. The zero-order chi connectivity index (χ0) is 20.6. The highest BCUT2D eigenvalue weighted by Gasteiger charge is 2.31. The van der Waals surface area contributed by atoms with E-state index in [4.69, 9.17) is 16.3 Å². The Hall–Kier alpha value is -2.31. The number of piperidine rings is 1.